The van der Waals surface area contributed by atoms with Crippen molar-refractivity contribution in [2.24, 2.45) is 0 Å². The van der Waals surface area contributed by atoms with E-state index in [0.717, 1.165) is 43.4 Å². The second kappa shape index (κ2) is 4.69. The number of hydrogen-bond acceptors (Lipinski definition) is 2. The zero-order valence-corrected chi connectivity index (χ0v) is 10.5. The van der Waals surface area contributed by atoms with Gasteiger partial charge in [0.15, 0.2) is 6.23 Å². The maximum absolute atomic E-state index is 13.9. The van der Waals surface area contributed by atoms with E-state index in [1.807, 2.05) is 18.2 Å². The molecule has 1 fully saturated rings. The number of halogens is 1. The van der Waals surface area contributed by atoms with Crippen LogP contribution in [0.4, 0.5) is 4.39 Å². The molecule has 1 unspecified atom stereocenters. The molecule has 18 heavy (non-hydrogen) atoms. The van der Waals surface area contributed by atoms with Gasteiger partial charge in [0.25, 0.3) is 0 Å². The monoisotopic (exact) mass is 248 g/mol. The zero-order valence-electron chi connectivity index (χ0n) is 10.5. The van der Waals surface area contributed by atoms with E-state index in [9.17, 15) is 4.39 Å². The summed E-state index contributed by atoms with van der Waals surface area (Å²) in [5.74, 6) is -0.394. The molecule has 1 aromatic carbocycles. The molecule has 0 radical (unpaired) electrons. The molecule has 4 heteroatoms. The first kappa shape index (κ1) is 11.7. The number of aryl methyl sites for hydroxylation is 1. The summed E-state index contributed by atoms with van der Waals surface area (Å²) in [5, 5.41) is 4.61. The highest BCUT2D eigenvalue weighted by Gasteiger charge is 2.20. The summed E-state index contributed by atoms with van der Waals surface area (Å²) in [6.45, 7) is 2.80. The predicted molar refractivity (Wildman–Crippen MR) is 67.9 cm³/mol. The molecule has 0 bridgehead atoms. The van der Waals surface area contributed by atoms with Crippen LogP contribution < -0.4 is 0 Å². The molecule has 3 nitrogen and oxygen atoms in total. The quantitative estimate of drug-likeness (QED) is 0.814. The highest BCUT2D eigenvalue weighted by Crippen LogP contribution is 2.28. The first-order valence-electron chi connectivity index (χ1n) is 6.58. The SMILES string of the molecule is CCc1ccc2c(c1)c(F)nn2C1CCCCO1. The summed E-state index contributed by atoms with van der Waals surface area (Å²) in [5.41, 5.74) is 1.96. The van der Waals surface area contributed by atoms with Gasteiger partial charge in [-0.3, -0.25) is 0 Å². The minimum absolute atomic E-state index is 0.113. The first-order chi connectivity index (χ1) is 8.79. The van der Waals surface area contributed by atoms with Crippen LogP contribution in [0.5, 0.6) is 0 Å². The Hall–Kier alpha value is -1.42. The van der Waals surface area contributed by atoms with Crippen molar-refractivity contribution < 1.29 is 9.13 Å². The van der Waals surface area contributed by atoms with Crippen molar-refractivity contribution in [3.8, 4) is 0 Å². The third-order valence-corrected chi connectivity index (χ3v) is 3.56. The van der Waals surface area contributed by atoms with Crippen LogP contribution in [-0.2, 0) is 11.2 Å². The molecule has 2 heterocycles. The van der Waals surface area contributed by atoms with Gasteiger partial charge in [-0.15, -0.1) is 5.10 Å². The van der Waals surface area contributed by atoms with Crippen molar-refractivity contribution in [3.05, 3.63) is 29.7 Å². The van der Waals surface area contributed by atoms with E-state index in [2.05, 4.69) is 12.0 Å². The topological polar surface area (TPSA) is 27.1 Å². The lowest BCUT2D eigenvalue weighted by Crippen LogP contribution is -2.19. The third kappa shape index (κ3) is 1.90. The van der Waals surface area contributed by atoms with Crippen molar-refractivity contribution >= 4 is 10.9 Å². The van der Waals surface area contributed by atoms with Crippen molar-refractivity contribution in [1.29, 1.82) is 0 Å². The van der Waals surface area contributed by atoms with Crippen LogP contribution in [0.3, 0.4) is 0 Å². The molecule has 3 rings (SSSR count). The van der Waals surface area contributed by atoms with Crippen LogP contribution in [0.2, 0.25) is 0 Å². The van der Waals surface area contributed by atoms with Gasteiger partial charge in [0.1, 0.15) is 0 Å². The smallest absolute Gasteiger partial charge is 0.240 e. The average Bonchev–Trinajstić information content (AvgIpc) is 2.77. The number of aromatic nitrogens is 2. The minimum Gasteiger partial charge on any atom is -0.356 e. The van der Waals surface area contributed by atoms with Crippen molar-refractivity contribution in [2.75, 3.05) is 6.61 Å². The summed E-state index contributed by atoms with van der Waals surface area (Å²) in [4.78, 5) is 0. The van der Waals surface area contributed by atoms with E-state index in [4.69, 9.17) is 4.74 Å². The Bertz CT molecular complexity index is 558. The van der Waals surface area contributed by atoms with Crippen molar-refractivity contribution in [1.82, 2.24) is 9.78 Å². The van der Waals surface area contributed by atoms with E-state index < -0.39 is 5.95 Å². The summed E-state index contributed by atoms with van der Waals surface area (Å²) in [6.07, 6.45) is 3.89. The van der Waals surface area contributed by atoms with Crippen LogP contribution in [-0.4, -0.2) is 16.4 Å². The lowest BCUT2D eigenvalue weighted by atomic mass is 10.1. The number of hydrogen-bond donors (Lipinski definition) is 0. The van der Waals surface area contributed by atoms with Crippen LogP contribution in [0.15, 0.2) is 18.2 Å². The maximum Gasteiger partial charge on any atom is 0.240 e. The van der Waals surface area contributed by atoms with Gasteiger partial charge in [-0.05, 0) is 43.4 Å². The Labute approximate surface area is 106 Å². The van der Waals surface area contributed by atoms with E-state index in [1.165, 1.54) is 0 Å². The molecule has 1 atom stereocenters. The molecule has 1 aliphatic heterocycles. The fraction of sp³-hybridized carbons (Fsp3) is 0.500. The number of nitrogens with zero attached hydrogens (tertiary/aromatic N) is 2. The van der Waals surface area contributed by atoms with E-state index in [1.54, 1.807) is 4.68 Å². The van der Waals surface area contributed by atoms with Crippen LogP contribution >= 0.6 is 0 Å². The third-order valence-electron chi connectivity index (χ3n) is 3.56. The number of rotatable bonds is 2. The molecule has 0 aliphatic carbocycles. The average molecular weight is 248 g/mol. The highest BCUT2D eigenvalue weighted by atomic mass is 19.1. The number of fused-ring (bicyclic) bond motifs is 1. The number of benzene rings is 1. The summed E-state index contributed by atoms with van der Waals surface area (Å²) in [7, 11) is 0. The second-order valence-corrected chi connectivity index (χ2v) is 4.76. The predicted octanol–water partition coefficient (Wildman–Crippen LogP) is 3.44. The van der Waals surface area contributed by atoms with Crippen LogP contribution in [0.25, 0.3) is 10.9 Å². The fourth-order valence-electron chi connectivity index (χ4n) is 2.51. The lowest BCUT2D eigenvalue weighted by molar-refractivity contribution is -0.0375. The van der Waals surface area contributed by atoms with Crippen LogP contribution in [0, 0.1) is 5.95 Å². The summed E-state index contributed by atoms with van der Waals surface area (Å²) >= 11 is 0. The van der Waals surface area contributed by atoms with Gasteiger partial charge in [-0.1, -0.05) is 13.0 Å². The normalized spacial score (nSPS) is 20.4. The van der Waals surface area contributed by atoms with Gasteiger partial charge in [0.2, 0.25) is 5.95 Å². The Morgan fingerprint density at radius 2 is 2.33 bits per heavy atom. The second-order valence-electron chi connectivity index (χ2n) is 4.76. The molecule has 0 spiro atoms. The molecule has 1 aliphatic rings. The van der Waals surface area contributed by atoms with E-state index in [-0.39, 0.29) is 6.23 Å². The Morgan fingerprint density at radius 3 is 3.06 bits per heavy atom. The van der Waals surface area contributed by atoms with Gasteiger partial charge >= 0.3 is 0 Å². The zero-order chi connectivity index (χ0) is 12.5. The number of ether oxygens (including phenoxy) is 1. The standard InChI is InChI=1S/C14H17FN2O/c1-2-10-6-7-12-11(9-10)14(15)16-17(12)13-5-3-4-8-18-13/h6-7,9,13H,2-5,8H2,1H3. The fourth-order valence-corrected chi connectivity index (χ4v) is 2.51. The molecule has 0 N–H and O–H groups in total. The van der Waals surface area contributed by atoms with Crippen molar-refractivity contribution in [3.63, 3.8) is 0 Å². The molecule has 0 saturated carbocycles. The van der Waals surface area contributed by atoms with Gasteiger partial charge in [-0.25, -0.2) is 4.68 Å². The first-order valence-corrected chi connectivity index (χ1v) is 6.58. The molecule has 1 saturated heterocycles. The molecule has 2 aromatic rings. The summed E-state index contributed by atoms with van der Waals surface area (Å²) in [6, 6.07) is 5.86. The molecule has 96 valence electrons. The van der Waals surface area contributed by atoms with Gasteiger partial charge in [-0.2, -0.15) is 4.39 Å². The molecular formula is C14H17FN2O. The lowest BCUT2D eigenvalue weighted by Gasteiger charge is -2.23. The van der Waals surface area contributed by atoms with Gasteiger partial charge < -0.3 is 4.74 Å². The van der Waals surface area contributed by atoms with E-state index in [0.29, 0.717) is 5.39 Å². The van der Waals surface area contributed by atoms with Gasteiger partial charge in [0, 0.05) is 6.61 Å². The molecular weight excluding hydrogens is 231 g/mol. The minimum atomic E-state index is -0.394. The van der Waals surface area contributed by atoms with E-state index >= 15 is 0 Å². The Kier molecular flexibility index (Phi) is 3.04. The highest BCUT2D eigenvalue weighted by molar-refractivity contribution is 5.80. The van der Waals surface area contributed by atoms with Crippen LogP contribution in [0.1, 0.15) is 38.0 Å². The summed E-state index contributed by atoms with van der Waals surface area (Å²) < 4.78 is 21.3. The Morgan fingerprint density at radius 1 is 1.44 bits per heavy atom. The largest absolute Gasteiger partial charge is 0.356 e. The molecule has 0 amide bonds. The Balaban J connectivity index is 2.07. The van der Waals surface area contributed by atoms with Gasteiger partial charge in [0.05, 0.1) is 10.9 Å². The van der Waals surface area contributed by atoms with Crippen molar-refractivity contribution in [2.45, 2.75) is 38.8 Å². The maximum atomic E-state index is 13.9. The molecule has 1 aromatic heterocycles.